The Balaban J connectivity index is 1.77. The molecule has 6 nitrogen and oxygen atoms in total. The van der Waals surface area contributed by atoms with Crippen LogP contribution in [0.2, 0.25) is 0 Å². The van der Waals surface area contributed by atoms with Crippen LogP contribution in [0.3, 0.4) is 0 Å². The van der Waals surface area contributed by atoms with E-state index in [1.807, 2.05) is 0 Å². The summed E-state index contributed by atoms with van der Waals surface area (Å²) in [5, 5.41) is 17.5. The maximum atomic E-state index is 11.0. The highest BCUT2D eigenvalue weighted by atomic mass is 32.2. The number of carboxylic acid groups (broad SMARTS) is 1. The second-order valence-corrected chi connectivity index (χ2v) is 5.61. The lowest BCUT2D eigenvalue weighted by atomic mass is 10.2. The van der Waals surface area contributed by atoms with Crippen LogP contribution < -0.4 is 4.74 Å². The Bertz CT molecular complexity index is 615. The minimum atomic E-state index is -0.999. The molecule has 1 aromatic heterocycles. The highest BCUT2D eigenvalue weighted by Gasteiger charge is 2.10. The normalized spacial score (nSPS) is 10.6. The monoisotopic (exact) mass is 322 g/mol. The predicted octanol–water partition coefficient (Wildman–Crippen LogP) is 3.28. The fourth-order valence-electron chi connectivity index (χ4n) is 1.78. The summed E-state index contributed by atoms with van der Waals surface area (Å²) in [7, 11) is 0. The summed E-state index contributed by atoms with van der Waals surface area (Å²) in [6.07, 6.45) is 2.91. The minimum Gasteiger partial charge on any atom is -0.492 e. The third kappa shape index (κ3) is 4.77. The zero-order chi connectivity index (χ0) is 15.8. The molecule has 0 unspecified atom stereocenters. The SMILES string of the molecule is CCCCc1nnc(SCCOc2ccccc2C(=O)O)o1. The molecule has 0 aliphatic heterocycles. The number of thioether (sulfide) groups is 1. The number of hydrogen-bond acceptors (Lipinski definition) is 6. The summed E-state index contributed by atoms with van der Waals surface area (Å²) in [4.78, 5) is 11.0. The molecule has 0 radical (unpaired) electrons. The zero-order valence-corrected chi connectivity index (χ0v) is 13.1. The Morgan fingerprint density at radius 1 is 1.36 bits per heavy atom. The molecule has 0 atom stereocenters. The van der Waals surface area contributed by atoms with Gasteiger partial charge in [-0.1, -0.05) is 37.2 Å². The molecule has 1 heterocycles. The maximum Gasteiger partial charge on any atom is 0.339 e. The first-order valence-corrected chi connectivity index (χ1v) is 8.09. The third-order valence-electron chi connectivity index (χ3n) is 2.88. The van der Waals surface area contributed by atoms with E-state index in [2.05, 4.69) is 17.1 Å². The summed E-state index contributed by atoms with van der Waals surface area (Å²) >= 11 is 1.40. The second kappa shape index (κ2) is 8.43. The molecule has 0 fully saturated rings. The van der Waals surface area contributed by atoms with Crippen molar-refractivity contribution in [1.29, 1.82) is 0 Å². The van der Waals surface area contributed by atoms with Gasteiger partial charge in [-0.15, -0.1) is 10.2 Å². The summed E-state index contributed by atoms with van der Waals surface area (Å²) in [5.41, 5.74) is 0.159. The van der Waals surface area contributed by atoms with Gasteiger partial charge in [-0.3, -0.25) is 0 Å². The van der Waals surface area contributed by atoms with Gasteiger partial charge in [0.2, 0.25) is 5.89 Å². The fraction of sp³-hybridized carbons (Fsp3) is 0.400. The van der Waals surface area contributed by atoms with Crippen LogP contribution in [0.5, 0.6) is 5.75 Å². The van der Waals surface area contributed by atoms with Gasteiger partial charge in [0.1, 0.15) is 11.3 Å². The van der Waals surface area contributed by atoms with Gasteiger partial charge < -0.3 is 14.3 Å². The van der Waals surface area contributed by atoms with Crippen LogP contribution in [-0.4, -0.2) is 33.6 Å². The standard InChI is InChI=1S/C15H18N2O4S/c1-2-3-8-13-16-17-15(21-13)22-10-9-20-12-7-5-4-6-11(12)14(18)19/h4-7H,2-3,8-10H2,1H3,(H,18,19). The quantitative estimate of drug-likeness (QED) is 0.560. The lowest BCUT2D eigenvalue weighted by Gasteiger charge is -2.07. The molecule has 118 valence electrons. The van der Waals surface area contributed by atoms with Gasteiger partial charge in [-0.05, 0) is 18.6 Å². The number of rotatable bonds is 9. The van der Waals surface area contributed by atoms with Crippen molar-refractivity contribution in [3.8, 4) is 5.75 Å². The number of ether oxygens (including phenoxy) is 1. The highest BCUT2D eigenvalue weighted by Crippen LogP contribution is 2.20. The van der Waals surface area contributed by atoms with E-state index >= 15 is 0 Å². The van der Waals surface area contributed by atoms with E-state index in [0.717, 1.165) is 19.3 Å². The van der Waals surface area contributed by atoms with E-state index in [4.69, 9.17) is 14.3 Å². The van der Waals surface area contributed by atoms with Crippen LogP contribution >= 0.6 is 11.8 Å². The van der Waals surface area contributed by atoms with E-state index in [1.54, 1.807) is 18.2 Å². The number of unbranched alkanes of at least 4 members (excludes halogenated alkanes) is 1. The highest BCUT2D eigenvalue weighted by molar-refractivity contribution is 7.99. The molecule has 0 saturated carbocycles. The number of benzene rings is 1. The van der Waals surface area contributed by atoms with Gasteiger partial charge in [0.05, 0.1) is 6.61 Å². The fourth-order valence-corrected chi connectivity index (χ4v) is 2.37. The van der Waals surface area contributed by atoms with E-state index < -0.39 is 5.97 Å². The summed E-state index contributed by atoms with van der Waals surface area (Å²) < 4.78 is 11.0. The van der Waals surface area contributed by atoms with Crippen molar-refractivity contribution in [2.24, 2.45) is 0 Å². The third-order valence-corrected chi connectivity index (χ3v) is 3.66. The Labute approximate surface area is 132 Å². The molecule has 0 saturated heterocycles. The molecule has 0 bridgehead atoms. The number of nitrogens with zero attached hydrogens (tertiary/aromatic N) is 2. The van der Waals surface area contributed by atoms with Gasteiger partial charge >= 0.3 is 5.97 Å². The molecule has 2 rings (SSSR count). The molecule has 22 heavy (non-hydrogen) atoms. The lowest BCUT2D eigenvalue weighted by molar-refractivity contribution is 0.0692. The van der Waals surface area contributed by atoms with Gasteiger partial charge in [-0.2, -0.15) is 0 Å². The van der Waals surface area contributed by atoms with Crippen LogP contribution in [0.25, 0.3) is 0 Å². The molecule has 1 N–H and O–H groups in total. The van der Waals surface area contributed by atoms with Crippen LogP contribution in [0.4, 0.5) is 0 Å². The van der Waals surface area contributed by atoms with E-state index in [-0.39, 0.29) is 5.56 Å². The Morgan fingerprint density at radius 3 is 2.95 bits per heavy atom. The van der Waals surface area contributed by atoms with Gasteiger partial charge in [0.25, 0.3) is 5.22 Å². The Hall–Kier alpha value is -2.02. The van der Waals surface area contributed by atoms with Crippen LogP contribution in [0, 0.1) is 0 Å². The largest absolute Gasteiger partial charge is 0.492 e. The van der Waals surface area contributed by atoms with Gasteiger partial charge in [0.15, 0.2) is 0 Å². The maximum absolute atomic E-state index is 11.0. The number of carboxylic acids is 1. The number of aromatic carboxylic acids is 1. The summed E-state index contributed by atoms with van der Waals surface area (Å²) in [5.74, 6) is 0.621. The van der Waals surface area contributed by atoms with Crippen molar-refractivity contribution in [1.82, 2.24) is 10.2 Å². The molecule has 7 heteroatoms. The smallest absolute Gasteiger partial charge is 0.339 e. The first-order chi connectivity index (χ1) is 10.7. The zero-order valence-electron chi connectivity index (χ0n) is 12.3. The molecular weight excluding hydrogens is 304 g/mol. The van der Waals surface area contributed by atoms with Crippen molar-refractivity contribution in [3.63, 3.8) is 0 Å². The van der Waals surface area contributed by atoms with E-state index in [0.29, 0.717) is 29.2 Å². The lowest BCUT2D eigenvalue weighted by Crippen LogP contribution is -2.05. The first-order valence-electron chi connectivity index (χ1n) is 7.11. The topological polar surface area (TPSA) is 85.5 Å². The second-order valence-electron chi connectivity index (χ2n) is 4.56. The number of hydrogen-bond donors (Lipinski definition) is 1. The van der Waals surface area contributed by atoms with Crippen molar-refractivity contribution in [3.05, 3.63) is 35.7 Å². The molecule has 0 spiro atoms. The average Bonchev–Trinajstić information content (AvgIpc) is 2.97. The molecule has 1 aromatic carbocycles. The van der Waals surface area contributed by atoms with Crippen molar-refractivity contribution >= 4 is 17.7 Å². The Morgan fingerprint density at radius 2 is 2.18 bits per heavy atom. The molecule has 0 aliphatic rings. The molecule has 2 aromatic rings. The number of aryl methyl sites for hydroxylation is 1. The van der Waals surface area contributed by atoms with Gasteiger partial charge in [-0.25, -0.2) is 4.79 Å². The average molecular weight is 322 g/mol. The number of aromatic nitrogens is 2. The summed E-state index contributed by atoms with van der Waals surface area (Å²) in [6.45, 7) is 2.47. The first kappa shape index (κ1) is 16.4. The van der Waals surface area contributed by atoms with E-state index in [9.17, 15) is 4.79 Å². The summed E-state index contributed by atoms with van der Waals surface area (Å²) in [6, 6.07) is 6.57. The van der Waals surface area contributed by atoms with Crippen molar-refractivity contribution in [2.75, 3.05) is 12.4 Å². The number of para-hydroxylation sites is 1. The molecule has 0 amide bonds. The molecule has 0 aliphatic carbocycles. The predicted molar refractivity (Wildman–Crippen MR) is 82.5 cm³/mol. The van der Waals surface area contributed by atoms with Crippen molar-refractivity contribution in [2.45, 2.75) is 31.4 Å². The molecular formula is C15H18N2O4S. The van der Waals surface area contributed by atoms with Crippen LogP contribution in [-0.2, 0) is 6.42 Å². The van der Waals surface area contributed by atoms with Crippen molar-refractivity contribution < 1.29 is 19.1 Å². The van der Waals surface area contributed by atoms with Crippen LogP contribution in [0.15, 0.2) is 33.9 Å². The number of carbonyl (C=O) groups is 1. The van der Waals surface area contributed by atoms with Crippen LogP contribution in [0.1, 0.15) is 36.0 Å². The minimum absolute atomic E-state index is 0.159. The Kier molecular flexibility index (Phi) is 6.27. The van der Waals surface area contributed by atoms with E-state index in [1.165, 1.54) is 17.8 Å². The van der Waals surface area contributed by atoms with Gasteiger partial charge in [0, 0.05) is 12.2 Å².